The molecular formula is C22H32O5. The van der Waals surface area contributed by atoms with Gasteiger partial charge in [0.2, 0.25) is 0 Å². The van der Waals surface area contributed by atoms with E-state index in [0.717, 1.165) is 32.1 Å². The lowest BCUT2D eigenvalue weighted by Crippen LogP contribution is -2.66. The molecule has 1 N–H and O–H groups in total. The minimum absolute atomic E-state index is 0.00585. The quantitative estimate of drug-likeness (QED) is 0.737. The molecule has 1 unspecified atom stereocenters. The zero-order valence-electron chi connectivity index (χ0n) is 17.0. The molecule has 0 aliphatic heterocycles. The van der Waals surface area contributed by atoms with Gasteiger partial charge in [0.05, 0.1) is 5.41 Å². The molecule has 0 aromatic rings. The van der Waals surface area contributed by atoms with Crippen LogP contribution in [0.1, 0.15) is 79.1 Å². The minimum atomic E-state index is -0.896. The molecule has 4 fully saturated rings. The highest BCUT2D eigenvalue weighted by Crippen LogP contribution is 2.75. The van der Waals surface area contributed by atoms with Crippen molar-refractivity contribution in [3.05, 3.63) is 0 Å². The number of rotatable bonds is 2. The lowest BCUT2D eigenvalue weighted by atomic mass is 9.37. The average molecular weight is 376 g/mol. The molecule has 4 saturated carbocycles. The Balaban J connectivity index is 1.86. The Bertz CT molecular complexity index is 715. The fraction of sp³-hybridized carbons (Fsp3) is 0.864. The third-order valence-electron chi connectivity index (χ3n) is 9.31. The van der Waals surface area contributed by atoms with Gasteiger partial charge in [-0.1, -0.05) is 20.3 Å². The summed E-state index contributed by atoms with van der Waals surface area (Å²) in [6, 6.07) is 0. The number of carboxylic acids is 1. The van der Waals surface area contributed by atoms with Crippen molar-refractivity contribution in [3.63, 3.8) is 0 Å². The average Bonchev–Trinajstić information content (AvgIpc) is 2.88. The molecule has 4 rings (SSSR count). The monoisotopic (exact) mass is 376 g/mol. The van der Waals surface area contributed by atoms with E-state index in [9.17, 15) is 19.5 Å². The van der Waals surface area contributed by atoms with Crippen LogP contribution in [0.25, 0.3) is 0 Å². The Morgan fingerprint density at radius 3 is 2.44 bits per heavy atom. The number of hydrogen-bond donors (Lipinski definition) is 1. The molecule has 1 spiro atoms. The first-order valence-corrected chi connectivity index (χ1v) is 10.4. The van der Waals surface area contributed by atoms with E-state index in [-0.39, 0.29) is 34.1 Å². The standard InChI is InChI=1S/C22H32O5/c1-13(23)27-15-10-14-11-16(24)19(2)8-9-22(14,12-19)21(4)7-5-6-20(3,17(15)21)18(25)26/h14-15,17H,5-12H2,1-4H3,(H,25,26)/t14?,15-,17+,19-,20-,21+,22+/m1/s1. The van der Waals surface area contributed by atoms with Crippen LogP contribution in [0.4, 0.5) is 0 Å². The largest absolute Gasteiger partial charge is 0.481 e. The van der Waals surface area contributed by atoms with Crippen LogP contribution in [-0.2, 0) is 19.1 Å². The van der Waals surface area contributed by atoms with Crippen LogP contribution in [0.2, 0.25) is 0 Å². The Hall–Kier alpha value is -1.39. The zero-order valence-corrected chi connectivity index (χ0v) is 17.0. The minimum Gasteiger partial charge on any atom is -0.481 e. The SMILES string of the molecule is CC(=O)O[C@@H]1CC2CC(=O)[C@]3(C)CC[C@@]2(C3)[C@@]2(C)CCC[C@@](C)(C(=O)O)[C@H]12. The number of ether oxygens (including phenoxy) is 1. The van der Waals surface area contributed by atoms with Gasteiger partial charge in [0.1, 0.15) is 11.9 Å². The molecule has 4 aliphatic carbocycles. The molecule has 5 heteroatoms. The summed E-state index contributed by atoms with van der Waals surface area (Å²) < 4.78 is 5.77. The van der Waals surface area contributed by atoms with Gasteiger partial charge in [0.15, 0.2) is 0 Å². The molecule has 0 radical (unpaired) electrons. The van der Waals surface area contributed by atoms with Crippen LogP contribution in [0, 0.1) is 33.5 Å². The van der Waals surface area contributed by atoms with E-state index in [0.29, 0.717) is 25.0 Å². The summed E-state index contributed by atoms with van der Waals surface area (Å²) >= 11 is 0. The van der Waals surface area contributed by atoms with Crippen molar-refractivity contribution in [3.8, 4) is 0 Å². The molecule has 4 aliphatic rings. The zero-order chi connectivity index (χ0) is 19.8. The Morgan fingerprint density at radius 2 is 1.81 bits per heavy atom. The predicted octanol–water partition coefficient (Wildman–Crippen LogP) is 3.98. The van der Waals surface area contributed by atoms with Crippen molar-refractivity contribution in [1.29, 1.82) is 0 Å². The van der Waals surface area contributed by atoms with E-state index in [1.807, 2.05) is 6.92 Å². The first-order chi connectivity index (χ1) is 12.5. The number of carbonyl (C=O) groups is 3. The number of carbonyl (C=O) groups excluding carboxylic acids is 2. The summed E-state index contributed by atoms with van der Waals surface area (Å²) in [5, 5.41) is 10.2. The summed E-state index contributed by atoms with van der Waals surface area (Å²) in [4.78, 5) is 37.1. The second-order valence-corrected chi connectivity index (χ2v) is 10.6. The number of aliphatic carboxylic acids is 1. The summed E-state index contributed by atoms with van der Waals surface area (Å²) in [6.45, 7) is 7.62. The van der Waals surface area contributed by atoms with Gasteiger partial charge in [0, 0.05) is 24.7 Å². The molecular weight excluding hydrogens is 344 g/mol. The van der Waals surface area contributed by atoms with Crippen LogP contribution in [0.15, 0.2) is 0 Å². The molecule has 5 nitrogen and oxygen atoms in total. The van der Waals surface area contributed by atoms with Crippen molar-refractivity contribution < 1.29 is 24.2 Å². The van der Waals surface area contributed by atoms with Gasteiger partial charge in [-0.2, -0.15) is 0 Å². The fourth-order valence-corrected chi connectivity index (χ4v) is 8.09. The lowest BCUT2D eigenvalue weighted by molar-refractivity contribution is -0.231. The third-order valence-corrected chi connectivity index (χ3v) is 9.31. The highest BCUT2D eigenvalue weighted by Gasteiger charge is 2.73. The van der Waals surface area contributed by atoms with E-state index in [1.165, 1.54) is 6.92 Å². The van der Waals surface area contributed by atoms with Gasteiger partial charge in [-0.3, -0.25) is 14.4 Å². The lowest BCUT2D eigenvalue weighted by Gasteiger charge is -2.67. The third kappa shape index (κ3) is 2.26. The second kappa shape index (κ2) is 5.57. The first-order valence-electron chi connectivity index (χ1n) is 10.4. The summed E-state index contributed by atoms with van der Waals surface area (Å²) in [5.74, 6) is -0.789. The van der Waals surface area contributed by atoms with Gasteiger partial charge >= 0.3 is 11.9 Å². The van der Waals surface area contributed by atoms with Crippen molar-refractivity contribution in [2.24, 2.45) is 33.5 Å². The van der Waals surface area contributed by atoms with E-state index in [1.54, 1.807) is 0 Å². The molecule has 150 valence electrons. The predicted molar refractivity (Wildman–Crippen MR) is 98.9 cm³/mol. The van der Waals surface area contributed by atoms with E-state index in [2.05, 4.69) is 13.8 Å². The molecule has 0 amide bonds. The van der Waals surface area contributed by atoms with E-state index >= 15 is 0 Å². The van der Waals surface area contributed by atoms with Crippen molar-refractivity contribution in [2.45, 2.75) is 85.2 Å². The number of Topliss-reactive ketones (excluding diaryl/α,β-unsaturated/α-hetero) is 1. The molecule has 27 heavy (non-hydrogen) atoms. The highest BCUT2D eigenvalue weighted by molar-refractivity contribution is 5.86. The molecule has 2 bridgehead atoms. The maximum Gasteiger partial charge on any atom is 0.309 e. The van der Waals surface area contributed by atoms with Gasteiger partial charge in [-0.05, 0) is 62.2 Å². The smallest absolute Gasteiger partial charge is 0.309 e. The van der Waals surface area contributed by atoms with Crippen LogP contribution < -0.4 is 0 Å². The van der Waals surface area contributed by atoms with Crippen molar-refractivity contribution >= 4 is 17.7 Å². The van der Waals surface area contributed by atoms with Gasteiger partial charge < -0.3 is 9.84 Å². The fourth-order valence-electron chi connectivity index (χ4n) is 8.09. The normalized spacial score (nSPS) is 51.3. The first kappa shape index (κ1) is 18.9. The Morgan fingerprint density at radius 1 is 1.11 bits per heavy atom. The highest BCUT2D eigenvalue weighted by atomic mass is 16.5. The molecule has 0 aromatic heterocycles. The maximum atomic E-state index is 12.9. The summed E-state index contributed by atoms with van der Waals surface area (Å²) in [5.41, 5.74) is -1.38. The molecule has 0 heterocycles. The van der Waals surface area contributed by atoms with Crippen molar-refractivity contribution in [2.75, 3.05) is 0 Å². The number of esters is 1. The van der Waals surface area contributed by atoms with Crippen LogP contribution in [-0.4, -0.2) is 28.9 Å². The molecule has 7 atom stereocenters. The molecule has 0 saturated heterocycles. The Kier molecular flexibility index (Phi) is 3.91. The van der Waals surface area contributed by atoms with Crippen LogP contribution >= 0.6 is 0 Å². The van der Waals surface area contributed by atoms with Gasteiger partial charge in [0.25, 0.3) is 0 Å². The van der Waals surface area contributed by atoms with E-state index < -0.39 is 17.5 Å². The maximum absolute atomic E-state index is 12.9. The number of carboxylic acid groups (broad SMARTS) is 1. The van der Waals surface area contributed by atoms with Gasteiger partial charge in [-0.25, -0.2) is 0 Å². The topological polar surface area (TPSA) is 80.7 Å². The number of ketones is 1. The number of fused-ring (bicyclic) bond motifs is 2. The second-order valence-electron chi connectivity index (χ2n) is 10.6. The summed E-state index contributed by atoms with van der Waals surface area (Å²) in [7, 11) is 0. The van der Waals surface area contributed by atoms with Crippen molar-refractivity contribution in [1.82, 2.24) is 0 Å². The number of hydrogen-bond acceptors (Lipinski definition) is 4. The van der Waals surface area contributed by atoms with Gasteiger partial charge in [-0.15, -0.1) is 0 Å². The molecule has 0 aromatic carbocycles. The summed E-state index contributed by atoms with van der Waals surface area (Å²) in [6.07, 6.45) is 6.01. The van der Waals surface area contributed by atoms with Crippen LogP contribution in [0.5, 0.6) is 0 Å². The van der Waals surface area contributed by atoms with E-state index in [4.69, 9.17) is 4.74 Å². The Labute approximate surface area is 161 Å². The van der Waals surface area contributed by atoms with Crippen LogP contribution in [0.3, 0.4) is 0 Å².